The van der Waals surface area contributed by atoms with E-state index in [9.17, 15) is 14.4 Å². The van der Waals surface area contributed by atoms with Gasteiger partial charge in [0, 0.05) is 13.1 Å². The molecule has 0 unspecified atom stereocenters. The number of ether oxygens (including phenoxy) is 1. The third kappa shape index (κ3) is 4.81. The maximum atomic E-state index is 11.8. The molecule has 1 fully saturated rings. The van der Waals surface area contributed by atoms with Crippen molar-refractivity contribution >= 4 is 46.1 Å². The standard InChI is InChI=1S/C14H18N2O4S2/c17-11(8-20-13(19)10-4-2-1-3-5-10)15-6-7-16-12(18)9-22-14(16)21/h1-2,10H,3-9H2,(H,15,17)/t10-/m0/s1. The minimum atomic E-state index is -0.370. The van der Waals surface area contributed by atoms with E-state index in [0.29, 0.717) is 23.0 Å². The van der Waals surface area contributed by atoms with E-state index in [0.717, 1.165) is 12.8 Å². The maximum absolute atomic E-state index is 11.8. The Hall–Kier alpha value is -1.41. The number of carbonyl (C=O) groups excluding carboxylic acids is 3. The number of thioether (sulfide) groups is 1. The Balaban J connectivity index is 1.61. The first-order valence-electron chi connectivity index (χ1n) is 7.13. The summed E-state index contributed by atoms with van der Waals surface area (Å²) in [6, 6.07) is 0. The van der Waals surface area contributed by atoms with Gasteiger partial charge in [-0.1, -0.05) is 36.1 Å². The van der Waals surface area contributed by atoms with Crippen LogP contribution < -0.4 is 5.32 Å². The van der Waals surface area contributed by atoms with E-state index in [2.05, 4.69) is 5.32 Å². The fourth-order valence-corrected chi connectivity index (χ4v) is 3.34. The first-order chi connectivity index (χ1) is 10.6. The lowest BCUT2D eigenvalue weighted by atomic mass is 9.95. The monoisotopic (exact) mass is 342 g/mol. The minimum Gasteiger partial charge on any atom is -0.455 e. The molecule has 1 aliphatic carbocycles. The molecular formula is C14H18N2O4S2. The zero-order valence-electron chi connectivity index (χ0n) is 12.1. The fourth-order valence-electron chi connectivity index (χ4n) is 2.22. The summed E-state index contributed by atoms with van der Waals surface area (Å²) in [4.78, 5) is 36.3. The number of thiocarbonyl (C=S) groups is 1. The van der Waals surface area contributed by atoms with E-state index in [1.807, 2.05) is 12.2 Å². The molecule has 0 aromatic carbocycles. The van der Waals surface area contributed by atoms with Gasteiger partial charge in [0.1, 0.15) is 4.32 Å². The number of carbonyl (C=O) groups is 3. The highest BCUT2D eigenvalue weighted by atomic mass is 32.2. The highest BCUT2D eigenvalue weighted by Crippen LogP contribution is 2.19. The van der Waals surface area contributed by atoms with Crippen molar-refractivity contribution < 1.29 is 19.1 Å². The number of nitrogens with one attached hydrogen (secondary N) is 1. The summed E-state index contributed by atoms with van der Waals surface area (Å²) in [7, 11) is 0. The molecule has 6 nitrogen and oxygen atoms in total. The first-order valence-corrected chi connectivity index (χ1v) is 8.53. The van der Waals surface area contributed by atoms with Gasteiger partial charge in [-0.15, -0.1) is 0 Å². The summed E-state index contributed by atoms with van der Waals surface area (Å²) < 4.78 is 5.55. The Bertz CT molecular complexity index is 491. The van der Waals surface area contributed by atoms with Gasteiger partial charge >= 0.3 is 5.97 Å². The second kappa shape index (κ2) is 8.28. The Morgan fingerprint density at radius 1 is 1.45 bits per heavy atom. The van der Waals surface area contributed by atoms with E-state index in [4.69, 9.17) is 17.0 Å². The molecule has 1 aliphatic heterocycles. The lowest BCUT2D eigenvalue weighted by molar-refractivity contribution is -0.152. The minimum absolute atomic E-state index is 0.0407. The van der Waals surface area contributed by atoms with Crippen molar-refractivity contribution in [3.05, 3.63) is 12.2 Å². The summed E-state index contributed by atoms with van der Waals surface area (Å²) in [5.41, 5.74) is 0. The normalized spacial score (nSPS) is 21.1. The average Bonchev–Trinajstić information content (AvgIpc) is 2.85. The molecule has 1 saturated heterocycles. The summed E-state index contributed by atoms with van der Waals surface area (Å²) >= 11 is 6.36. The second-order valence-electron chi connectivity index (χ2n) is 5.04. The maximum Gasteiger partial charge on any atom is 0.309 e. The van der Waals surface area contributed by atoms with Crippen LogP contribution in [0.4, 0.5) is 0 Å². The lowest BCUT2D eigenvalue weighted by Gasteiger charge is -2.17. The molecule has 0 radical (unpaired) electrons. The first kappa shape index (κ1) is 17.0. The van der Waals surface area contributed by atoms with E-state index >= 15 is 0 Å². The molecule has 0 aromatic rings. The van der Waals surface area contributed by atoms with Crippen LogP contribution in [0.5, 0.6) is 0 Å². The zero-order chi connectivity index (χ0) is 15.9. The average molecular weight is 342 g/mol. The predicted octanol–water partition coefficient (Wildman–Crippen LogP) is 0.862. The smallest absolute Gasteiger partial charge is 0.309 e. The summed E-state index contributed by atoms with van der Waals surface area (Å²) in [5, 5.41) is 2.62. The number of esters is 1. The molecule has 2 rings (SSSR count). The molecule has 22 heavy (non-hydrogen) atoms. The van der Waals surface area contributed by atoms with Crippen LogP contribution in [0.25, 0.3) is 0 Å². The van der Waals surface area contributed by atoms with Gasteiger partial charge in [0.15, 0.2) is 6.61 Å². The summed E-state index contributed by atoms with van der Waals surface area (Å²) in [6.45, 7) is 0.346. The van der Waals surface area contributed by atoms with Crippen LogP contribution in [0.2, 0.25) is 0 Å². The largest absolute Gasteiger partial charge is 0.455 e. The van der Waals surface area contributed by atoms with Crippen LogP contribution in [0.15, 0.2) is 12.2 Å². The topological polar surface area (TPSA) is 75.7 Å². The number of nitrogens with zero attached hydrogens (tertiary/aromatic N) is 1. The Kier molecular flexibility index (Phi) is 6.38. The number of amides is 2. The van der Waals surface area contributed by atoms with Crippen molar-refractivity contribution in [2.45, 2.75) is 19.3 Å². The molecule has 0 saturated carbocycles. The van der Waals surface area contributed by atoms with Gasteiger partial charge in [0.25, 0.3) is 5.91 Å². The number of hydrogen-bond acceptors (Lipinski definition) is 6. The molecule has 120 valence electrons. The summed E-state index contributed by atoms with van der Waals surface area (Å²) in [6.07, 6.45) is 6.31. The van der Waals surface area contributed by atoms with Crippen LogP contribution >= 0.6 is 24.0 Å². The molecule has 8 heteroatoms. The number of allylic oxidation sites excluding steroid dienone is 2. The molecule has 1 heterocycles. The number of rotatable bonds is 6. The van der Waals surface area contributed by atoms with Gasteiger partial charge in [0.05, 0.1) is 11.7 Å². The number of hydrogen-bond donors (Lipinski definition) is 1. The highest BCUT2D eigenvalue weighted by Gasteiger charge is 2.26. The van der Waals surface area contributed by atoms with Crippen LogP contribution in [0.1, 0.15) is 19.3 Å². The molecule has 2 amide bonds. The molecule has 1 atom stereocenters. The van der Waals surface area contributed by atoms with Crippen molar-refractivity contribution in [1.82, 2.24) is 10.2 Å². The lowest BCUT2D eigenvalue weighted by Crippen LogP contribution is -2.39. The van der Waals surface area contributed by atoms with E-state index in [1.54, 1.807) is 0 Å². The van der Waals surface area contributed by atoms with Crippen LogP contribution in [-0.2, 0) is 19.1 Å². The Morgan fingerprint density at radius 3 is 2.91 bits per heavy atom. The molecular weight excluding hydrogens is 324 g/mol. The molecule has 0 bridgehead atoms. The SMILES string of the molecule is O=C(COC(=O)[C@H]1CC=CCC1)NCCN1C(=O)CSC1=S. The van der Waals surface area contributed by atoms with Crippen molar-refractivity contribution in [1.29, 1.82) is 0 Å². The van der Waals surface area contributed by atoms with Gasteiger partial charge in [-0.05, 0) is 19.3 Å². The highest BCUT2D eigenvalue weighted by molar-refractivity contribution is 8.23. The van der Waals surface area contributed by atoms with Crippen LogP contribution in [0.3, 0.4) is 0 Å². The van der Waals surface area contributed by atoms with Gasteiger partial charge < -0.3 is 10.1 Å². The second-order valence-corrected chi connectivity index (χ2v) is 6.65. The van der Waals surface area contributed by atoms with E-state index in [-0.39, 0.29) is 36.9 Å². The molecule has 0 aromatic heterocycles. The predicted molar refractivity (Wildman–Crippen MR) is 87.2 cm³/mol. The fraction of sp³-hybridized carbons (Fsp3) is 0.571. The molecule has 0 spiro atoms. The van der Waals surface area contributed by atoms with Crippen molar-refractivity contribution in [3.63, 3.8) is 0 Å². The van der Waals surface area contributed by atoms with Crippen molar-refractivity contribution in [3.8, 4) is 0 Å². The summed E-state index contributed by atoms with van der Waals surface area (Å²) in [5.74, 6) is -0.521. The zero-order valence-corrected chi connectivity index (χ0v) is 13.7. The van der Waals surface area contributed by atoms with Crippen LogP contribution in [-0.4, -0.2) is 52.5 Å². The third-order valence-corrected chi connectivity index (χ3v) is 4.88. The quantitative estimate of drug-likeness (QED) is 0.438. The van der Waals surface area contributed by atoms with Gasteiger partial charge in [-0.2, -0.15) is 0 Å². The Morgan fingerprint density at radius 2 is 2.27 bits per heavy atom. The van der Waals surface area contributed by atoms with E-state index in [1.165, 1.54) is 16.7 Å². The molecule has 2 aliphatic rings. The van der Waals surface area contributed by atoms with Gasteiger partial charge in [-0.3, -0.25) is 19.3 Å². The van der Waals surface area contributed by atoms with Crippen molar-refractivity contribution in [2.24, 2.45) is 5.92 Å². The van der Waals surface area contributed by atoms with Gasteiger partial charge in [-0.25, -0.2) is 0 Å². The van der Waals surface area contributed by atoms with Gasteiger partial charge in [0.2, 0.25) is 5.91 Å². The Labute approximate surface area is 138 Å². The van der Waals surface area contributed by atoms with Crippen LogP contribution in [0, 0.1) is 5.92 Å². The third-order valence-electron chi connectivity index (χ3n) is 3.45. The van der Waals surface area contributed by atoms with Crippen molar-refractivity contribution in [2.75, 3.05) is 25.4 Å². The van der Waals surface area contributed by atoms with E-state index < -0.39 is 0 Å². The molecule has 1 N–H and O–H groups in total.